The van der Waals surface area contributed by atoms with Crippen molar-refractivity contribution in [2.45, 2.75) is 13.3 Å². The average molecular weight is 329 g/mol. The molecule has 0 saturated carbocycles. The Bertz CT molecular complexity index is 853. The molecule has 0 saturated heterocycles. The number of nitrogens with zero attached hydrogens (tertiary/aromatic N) is 2. The number of anilines is 1. The number of rotatable bonds is 4. The number of hydrogen-bond acceptors (Lipinski definition) is 5. The summed E-state index contributed by atoms with van der Waals surface area (Å²) < 4.78 is 6.58. The molecule has 0 radical (unpaired) electrons. The minimum absolute atomic E-state index is 0.177. The van der Waals surface area contributed by atoms with Crippen molar-refractivity contribution < 1.29 is 14.3 Å². The van der Waals surface area contributed by atoms with Gasteiger partial charge in [0.25, 0.3) is 0 Å². The number of carbonyl (C=O) groups is 2. The van der Waals surface area contributed by atoms with Crippen molar-refractivity contribution >= 4 is 33.9 Å². The first-order chi connectivity index (χ1) is 11.1. The number of thiazole rings is 1. The Hall–Kier alpha value is -2.67. The van der Waals surface area contributed by atoms with E-state index in [9.17, 15) is 9.59 Å². The molecule has 2 heterocycles. The summed E-state index contributed by atoms with van der Waals surface area (Å²) in [4.78, 5) is 29.0. The van der Waals surface area contributed by atoms with Gasteiger partial charge < -0.3 is 10.1 Å². The summed E-state index contributed by atoms with van der Waals surface area (Å²) in [6.45, 7) is 1.86. The zero-order valence-corrected chi connectivity index (χ0v) is 13.5. The predicted octanol–water partition coefficient (Wildman–Crippen LogP) is 2.67. The molecule has 23 heavy (non-hydrogen) atoms. The SMILES string of the molecule is COC(=O)c1ccc(C)c(NC(=O)Cc2cn3ccsc3n2)c1. The molecular formula is C16H15N3O3S. The largest absolute Gasteiger partial charge is 0.465 e. The third-order valence-corrected chi connectivity index (χ3v) is 4.19. The van der Waals surface area contributed by atoms with Crippen LogP contribution in [0.5, 0.6) is 0 Å². The first-order valence-electron chi connectivity index (χ1n) is 6.96. The molecule has 0 spiro atoms. The number of fused-ring (bicyclic) bond motifs is 1. The molecule has 2 aromatic heterocycles. The summed E-state index contributed by atoms with van der Waals surface area (Å²) in [7, 11) is 1.32. The molecule has 0 aliphatic carbocycles. The van der Waals surface area contributed by atoms with Crippen molar-refractivity contribution in [1.29, 1.82) is 0 Å². The normalized spacial score (nSPS) is 10.7. The van der Waals surface area contributed by atoms with E-state index < -0.39 is 5.97 Å². The maximum absolute atomic E-state index is 12.2. The number of aromatic nitrogens is 2. The Morgan fingerprint density at radius 3 is 2.96 bits per heavy atom. The van der Waals surface area contributed by atoms with Crippen LogP contribution in [0.4, 0.5) is 5.69 Å². The number of esters is 1. The summed E-state index contributed by atoms with van der Waals surface area (Å²) in [5, 5.41) is 4.76. The molecule has 0 unspecified atom stereocenters. The van der Waals surface area contributed by atoms with Crippen LogP contribution in [-0.4, -0.2) is 28.4 Å². The zero-order chi connectivity index (χ0) is 16.4. The number of nitrogens with one attached hydrogen (secondary N) is 1. The van der Waals surface area contributed by atoms with E-state index in [0.717, 1.165) is 10.5 Å². The monoisotopic (exact) mass is 329 g/mol. The van der Waals surface area contributed by atoms with Gasteiger partial charge in [-0.1, -0.05) is 6.07 Å². The summed E-state index contributed by atoms with van der Waals surface area (Å²) in [5.41, 5.74) is 2.57. The van der Waals surface area contributed by atoms with Crippen LogP contribution in [0.1, 0.15) is 21.6 Å². The summed E-state index contributed by atoms with van der Waals surface area (Å²) in [6.07, 6.45) is 3.91. The molecular weight excluding hydrogens is 314 g/mol. The van der Waals surface area contributed by atoms with E-state index in [1.165, 1.54) is 18.4 Å². The van der Waals surface area contributed by atoms with Crippen LogP contribution in [0, 0.1) is 6.92 Å². The maximum Gasteiger partial charge on any atom is 0.337 e. The molecule has 6 nitrogen and oxygen atoms in total. The molecule has 3 aromatic rings. The first-order valence-corrected chi connectivity index (χ1v) is 7.84. The number of ether oxygens (including phenoxy) is 1. The Kier molecular flexibility index (Phi) is 4.12. The lowest BCUT2D eigenvalue weighted by atomic mass is 10.1. The van der Waals surface area contributed by atoms with E-state index >= 15 is 0 Å². The van der Waals surface area contributed by atoms with Crippen LogP contribution in [0.15, 0.2) is 36.0 Å². The van der Waals surface area contributed by atoms with Crippen LogP contribution >= 0.6 is 11.3 Å². The van der Waals surface area contributed by atoms with Crippen molar-refractivity contribution in [3.8, 4) is 0 Å². The number of aryl methyl sites for hydroxylation is 1. The molecule has 0 atom stereocenters. The standard InChI is InChI=1S/C16H15N3O3S/c1-10-3-4-11(15(21)22-2)7-13(10)18-14(20)8-12-9-19-5-6-23-16(19)17-12/h3-7,9H,8H2,1-2H3,(H,18,20). The molecule has 0 bridgehead atoms. The Morgan fingerprint density at radius 2 is 2.22 bits per heavy atom. The van der Waals surface area contributed by atoms with Gasteiger partial charge in [0, 0.05) is 23.5 Å². The van der Waals surface area contributed by atoms with Crippen molar-refractivity contribution in [2.75, 3.05) is 12.4 Å². The third-order valence-electron chi connectivity index (χ3n) is 3.42. The number of benzene rings is 1. The second-order valence-corrected chi connectivity index (χ2v) is 5.94. The minimum Gasteiger partial charge on any atom is -0.465 e. The van der Waals surface area contributed by atoms with Crippen LogP contribution < -0.4 is 5.32 Å². The van der Waals surface area contributed by atoms with Crippen molar-refractivity contribution in [2.24, 2.45) is 0 Å². The van der Waals surface area contributed by atoms with Gasteiger partial charge in [-0.3, -0.25) is 9.20 Å². The smallest absolute Gasteiger partial charge is 0.337 e. The number of carbonyl (C=O) groups excluding carboxylic acids is 2. The van der Waals surface area contributed by atoms with E-state index in [2.05, 4.69) is 10.3 Å². The fourth-order valence-corrected chi connectivity index (χ4v) is 2.94. The Labute approximate surface area is 136 Å². The Morgan fingerprint density at radius 1 is 1.39 bits per heavy atom. The lowest BCUT2D eigenvalue weighted by Crippen LogP contribution is -2.16. The highest BCUT2D eigenvalue weighted by atomic mass is 32.1. The summed E-state index contributed by atoms with van der Waals surface area (Å²) >= 11 is 1.52. The summed E-state index contributed by atoms with van der Waals surface area (Å²) in [5.74, 6) is -0.615. The van der Waals surface area contributed by atoms with Crippen LogP contribution in [0.3, 0.4) is 0 Å². The molecule has 1 N–H and O–H groups in total. The van der Waals surface area contributed by atoms with E-state index in [1.807, 2.05) is 29.1 Å². The predicted molar refractivity (Wildman–Crippen MR) is 87.9 cm³/mol. The zero-order valence-electron chi connectivity index (χ0n) is 12.7. The highest BCUT2D eigenvalue weighted by Crippen LogP contribution is 2.18. The molecule has 7 heteroatoms. The fraction of sp³-hybridized carbons (Fsp3) is 0.188. The number of hydrogen-bond donors (Lipinski definition) is 1. The fourth-order valence-electron chi connectivity index (χ4n) is 2.22. The van der Waals surface area contributed by atoms with Gasteiger partial charge >= 0.3 is 5.97 Å². The van der Waals surface area contributed by atoms with Gasteiger partial charge in [-0.2, -0.15) is 0 Å². The molecule has 3 rings (SSSR count). The van der Waals surface area contributed by atoms with Crippen LogP contribution in [0.25, 0.3) is 4.96 Å². The third kappa shape index (κ3) is 3.24. The number of imidazole rings is 1. The van der Waals surface area contributed by atoms with Gasteiger partial charge in [-0.05, 0) is 24.6 Å². The topological polar surface area (TPSA) is 72.7 Å². The quantitative estimate of drug-likeness (QED) is 0.747. The van der Waals surface area contributed by atoms with Gasteiger partial charge in [-0.25, -0.2) is 9.78 Å². The van der Waals surface area contributed by atoms with Gasteiger partial charge in [0.05, 0.1) is 24.8 Å². The Balaban J connectivity index is 1.74. The minimum atomic E-state index is -0.435. The number of methoxy groups -OCH3 is 1. The summed E-state index contributed by atoms with van der Waals surface area (Å²) in [6, 6.07) is 5.06. The molecule has 1 aromatic carbocycles. The second kappa shape index (κ2) is 6.21. The molecule has 118 valence electrons. The lowest BCUT2D eigenvalue weighted by Gasteiger charge is -2.09. The first kappa shape index (κ1) is 15.2. The van der Waals surface area contributed by atoms with E-state index in [4.69, 9.17) is 4.74 Å². The number of amides is 1. The highest BCUT2D eigenvalue weighted by Gasteiger charge is 2.12. The van der Waals surface area contributed by atoms with Crippen molar-refractivity contribution in [3.05, 3.63) is 52.8 Å². The molecule has 0 fully saturated rings. The van der Waals surface area contributed by atoms with Crippen molar-refractivity contribution in [1.82, 2.24) is 9.38 Å². The lowest BCUT2D eigenvalue weighted by molar-refractivity contribution is -0.115. The molecule has 1 amide bonds. The average Bonchev–Trinajstić information content (AvgIpc) is 3.09. The van der Waals surface area contributed by atoms with E-state index in [-0.39, 0.29) is 12.3 Å². The van der Waals surface area contributed by atoms with Gasteiger partial charge in [-0.15, -0.1) is 11.3 Å². The van der Waals surface area contributed by atoms with Gasteiger partial charge in [0.2, 0.25) is 5.91 Å². The maximum atomic E-state index is 12.2. The molecule has 0 aliphatic heterocycles. The molecule has 0 aliphatic rings. The second-order valence-electron chi connectivity index (χ2n) is 5.07. The van der Waals surface area contributed by atoms with Gasteiger partial charge in [0.15, 0.2) is 4.96 Å². The van der Waals surface area contributed by atoms with Crippen molar-refractivity contribution in [3.63, 3.8) is 0 Å². The highest BCUT2D eigenvalue weighted by molar-refractivity contribution is 7.15. The van der Waals surface area contributed by atoms with Crippen LogP contribution in [-0.2, 0) is 16.0 Å². The van der Waals surface area contributed by atoms with Crippen LogP contribution in [0.2, 0.25) is 0 Å². The van der Waals surface area contributed by atoms with E-state index in [1.54, 1.807) is 18.2 Å². The van der Waals surface area contributed by atoms with E-state index in [0.29, 0.717) is 16.9 Å². The van der Waals surface area contributed by atoms with Gasteiger partial charge in [0.1, 0.15) is 0 Å².